The first-order chi connectivity index (χ1) is 19.2. The number of benzene rings is 2. The third-order valence-electron chi connectivity index (χ3n) is 6.46. The Bertz CT molecular complexity index is 1500. The smallest absolute Gasteiger partial charge is 0.354 e. The topological polar surface area (TPSA) is 102 Å². The molecule has 0 amide bonds. The van der Waals surface area contributed by atoms with Gasteiger partial charge in [-0.05, 0) is 62.9 Å². The van der Waals surface area contributed by atoms with Gasteiger partial charge in [0, 0.05) is 24.7 Å². The third-order valence-corrected chi connectivity index (χ3v) is 7.93. The van der Waals surface area contributed by atoms with Crippen molar-refractivity contribution in [2.24, 2.45) is 10.9 Å². The molecule has 0 saturated carbocycles. The number of carbonyl (C=O) groups excluding carboxylic acids is 2. The van der Waals surface area contributed by atoms with Gasteiger partial charge in [0.05, 0.1) is 12.5 Å². The van der Waals surface area contributed by atoms with Crippen LogP contribution < -0.4 is 10.4 Å². The first-order valence-electron chi connectivity index (χ1n) is 12.9. The molecular formula is C31H30ClNO6S. The van der Waals surface area contributed by atoms with Crippen LogP contribution in [0.2, 0.25) is 0 Å². The van der Waals surface area contributed by atoms with Crippen molar-refractivity contribution in [3.63, 3.8) is 0 Å². The number of aliphatic carboxylic acids is 1. The minimum Gasteiger partial charge on any atom is -0.478 e. The number of carboxylic acids is 1. The molecule has 2 aliphatic rings. The van der Waals surface area contributed by atoms with Gasteiger partial charge in [0.1, 0.15) is 23.5 Å². The van der Waals surface area contributed by atoms with Crippen LogP contribution in [-0.2, 0) is 36.9 Å². The largest absolute Gasteiger partial charge is 0.478 e. The lowest BCUT2D eigenvalue weighted by molar-refractivity contribution is -0.150. The second-order valence-electron chi connectivity index (χ2n) is 9.51. The van der Waals surface area contributed by atoms with E-state index in [1.807, 2.05) is 49.4 Å². The molecule has 0 spiro atoms. The number of rotatable bonds is 10. The minimum atomic E-state index is -1.20. The summed E-state index contributed by atoms with van der Waals surface area (Å²) in [5.74, 6) is -2.47. The molecule has 9 heteroatoms. The fraction of sp³-hybridized carbons (Fsp3) is 0.290. The van der Waals surface area contributed by atoms with E-state index in [2.05, 4.69) is 11.6 Å². The zero-order valence-electron chi connectivity index (χ0n) is 22.1. The van der Waals surface area contributed by atoms with E-state index in [4.69, 9.17) is 21.1 Å². The van der Waals surface area contributed by atoms with Crippen molar-refractivity contribution in [2.45, 2.75) is 38.2 Å². The molecule has 0 fully saturated rings. The Morgan fingerprint density at radius 1 is 1.25 bits per heavy atom. The molecule has 7 nitrogen and oxygen atoms in total. The fourth-order valence-corrected chi connectivity index (χ4v) is 5.79. The lowest BCUT2D eigenvalue weighted by Crippen LogP contribution is -2.34. The zero-order chi connectivity index (χ0) is 28.6. The Labute approximate surface area is 241 Å². The molecule has 2 aliphatic heterocycles. The normalized spacial score (nSPS) is 18.7. The number of hydrogen-bond donors (Lipinski definition) is 1. The molecule has 2 heterocycles. The maximum absolute atomic E-state index is 13.0. The van der Waals surface area contributed by atoms with E-state index in [0.29, 0.717) is 29.6 Å². The zero-order valence-corrected chi connectivity index (χ0v) is 23.7. The van der Waals surface area contributed by atoms with Crippen LogP contribution in [0, 0.1) is 5.92 Å². The summed E-state index contributed by atoms with van der Waals surface area (Å²) in [6.45, 7) is 6.55. The van der Waals surface area contributed by atoms with Crippen molar-refractivity contribution in [1.29, 1.82) is 0 Å². The first kappa shape index (κ1) is 29.4. The van der Waals surface area contributed by atoms with E-state index in [9.17, 15) is 19.5 Å². The molecule has 2 aromatic carbocycles. The van der Waals surface area contributed by atoms with Gasteiger partial charge >= 0.3 is 11.9 Å². The van der Waals surface area contributed by atoms with Gasteiger partial charge in [-0.15, -0.1) is 11.8 Å². The van der Waals surface area contributed by atoms with Gasteiger partial charge in [0.15, 0.2) is 5.22 Å². The lowest BCUT2D eigenvalue weighted by Gasteiger charge is -2.26. The van der Waals surface area contributed by atoms with E-state index in [-0.39, 0.29) is 30.9 Å². The van der Waals surface area contributed by atoms with E-state index in [1.165, 1.54) is 11.8 Å². The number of halogens is 1. The number of esters is 1. The predicted octanol–water partition coefficient (Wildman–Crippen LogP) is 4.24. The van der Waals surface area contributed by atoms with Gasteiger partial charge in [-0.2, -0.15) is 0 Å². The van der Waals surface area contributed by atoms with Crippen LogP contribution in [0.1, 0.15) is 36.5 Å². The molecule has 1 N–H and O–H groups in total. The molecule has 0 saturated heterocycles. The van der Waals surface area contributed by atoms with Crippen molar-refractivity contribution in [1.82, 2.24) is 0 Å². The Kier molecular flexibility index (Phi) is 10.0. The van der Waals surface area contributed by atoms with Crippen LogP contribution >= 0.6 is 23.4 Å². The number of Topliss-reactive ketones (excluding diaryl/α,β-unsaturated/α-hetero) is 1. The highest BCUT2D eigenvalue weighted by Crippen LogP contribution is 2.32. The molecule has 40 heavy (non-hydrogen) atoms. The average molecular weight is 580 g/mol. The Morgan fingerprint density at radius 2 is 2.02 bits per heavy atom. The highest BCUT2D eigenvalue weighted by Gasteiger charge is 2.36. The summed E-state index contributed by atoms with van der Waals surface area (Å²) < 4.78 is 10.7. The molecular weight excluding hydrogens is 550 g/mol. The number of carboxylic acid groups (broad SMARTS) is 1. The number of nitrogens with zero attached hydrogens (tertiary/aromatic N) is 1. The lowest BCUT2D eigenvalue weighted by atomic mass is 9.97. The van der Waals surface area contributed by atoms with Crippen molar-refractivity contribution in [3.05, 3.63) is 86.5 Å². The Balaban J connectivity index is 1.61. The number of allylic oxidation sites excluding steroid dienone is 1. The second kappa shape index (κ2) is 13.6. The standard InChI is InChI=1S/C31H30ClNO6S/c1-3-11-38-31(37)26(16-25(34)13-20-7-5-4-6-8-20)29-33-28(30(35)36)22(18-40-29)10-9-21-14-23-15-27(32)39-17-24(23)12-19(21)2/h4-10,12,14-15,26,29H,2-3,11,13,16-18H2,1H3,(H,35,36)/b21-9-,22-10+. The molecule has 0 radical (unpaired) electrons. The van der Waals surface area contributed by atoms with Crippen molar-refractivity contribution in [2.75, 3.05) is 12.4 Å². The summed E-state index contributed by atoms with van der Waals surface area (Å²) in [7, 11) is 0. The van der Waals surface area contributed by atoms with E-state index in [0.717, 1.165) is 27.1 Å². The summed E-state index contributed by atoms with van der Waals surface area (Å²) in [5, 5.41) is 11.1. The Hall–Kier alpha value is -3.62. The van der Waals surface area contributed by atoms with Crippen molar-refractivity contribution in [3.8, 4) is 0 Å². The number of thioether (sulfide) groups is 1. The van der Waals surface area contributed by atoms with Crippen LogP contribution in [0.4, 0.5) is 0 Å². The number of fused-ring (bicyclic) bond motifs is 1. The van der Waals surface area contributed by atoms with E-state index >= 15 is 0 Å². The summed E-state index contributed by atoms with van der Waals surface area (Å²) in [6.07, 6.45) is 5.95. The van der Waals surface area contributed by atoms with Gasteiger partial charge in [-0.25, -0.2) is 4.79 Å². The van der Waals surface area contributed by atoms with Gasteiger partial charge in [-0.3, -0.25) is 14.6 Å². The van der Waals surface area contributed by atoms with Crippen molar-refractivity contribution < 1.29 is 29.0 Å². The molecule has 2 unspecified atom stereocenters. The first-order valence-corrected chi connectivity index (χ1v) is 14.4. The highest BCUT2D eigenvalue weighted by atomic mass is 35.5. The number of carbonyl (C=O) groups is 3. The highest BCUT2D eigenvalue weighted by molar-refractivity contribution is 8.00. The van der Waals surface area contributed by atoms with Crippen LogP contribution in [0.3, 0.4) is 0 Å². The number of ether oxygens (including phenoxy) is 2. The van der Waals surface area contributed by atoms with Crippen LogP contribution in [0.5, 0.6) is 0 Å². The fourth-order valence-electron chi connectivity index (χ4n) is 4.41. The second-order valence-corrected chi connectivity index (χ2v) is 11.0. The monoisotopic (exact) mass is 579 g/mol. The molecule has 0 aliphatic carbocycles. The molecule has 4 rings (SSSR count). The van der Waals surface area contributed by atoms with E-state index < -0.39 is 23.2 Å². The predicted molar refractivity (Wildman–Crippen MR) is 158 cm³/mol. The number of hydrogen-bond acceptors (Lipinski definition) is 7. The number of aliphatic imine (C=N–C) groups is 1. The summed E-state index contributed by atoms with van der Waals surface area (Å²) >= 11 is 7.34. The SMILES string of the molecule is C=c1cc2c(c/c1=C/C=C1\CSC(C(CC(=O)Cc3ccccc3)C(=O)OCCC)N=C1C(=O)O)C=C(Cl)OC2. The quantitative estimate of drug-likeness (QED) is 0.420. The molecule has 2 atom stereocenters. The van der Waals surface area contributed by atoms with Gasteiger partial charge in [0.25, 0.3) is 0 Å². The molecule has 0 bridgehead atoms. The average Bonchev–Trinajstić information content (AvgIpc) is 2.94. The molecule has 208 valence electrons. The third kappa shape index (κ3) is 7.52. The summed E-state index contributed by atoms with van der Waals surface area (Å²) in [5.41, 5.74) is 3.08. The summed E-state index contributed by atoms with van der Waals surface area (Å²) in [4.78, 5) is 42.6. The minimum absolute atomic E-state index is 0.0868. The maximum atomic E-state index is 13.0. The molecule has 2 aromatic rings. The van der Waals surface area contributed by atoms with Crippen LogP contribution in [-0.4, -0.2) is 46.3 Å². The van der Waals surface area contributed by atoms with Crippen molar-refractivity contribution >= 4 is 65.5 Å². The van der Waals surface area contributed by atoms with Gasteiger partial charge in [-0.1, -0.05) is 56.0 Å². The summed E-state index contributed by atoms with van der Waals surface area (Å²) in [6, 6.07) is 13.1. The van der Waals surface area contributed by atoms with Gasteiger partial charge < -0.3 is 14.6 Å². The number of ketones is 1. The van der Waals surface area contributed by atoms with Crippen LogP contribution in [0.25, 0.3) is 18.7 Å². The molecule has 0 aromatic heterocycles. The van der Waals surface area contributed by atoms with E-state index in [1.54, 1.807) is 18.2 Å². The maximum Gasteiger partial charge on any atom is 0.354 e. The Morgan fingerprint density at radius 3 is 2.75 bits per heavy atom. The van der Waals surface area contributed by atoms with Gasteiger partial charge in [0.2, 0.25) is 0 Å². The van der Waals surface area contributed by atoms with Crippen LogP contribution in [0.15, 0.2) is 64.3 Å².